The molecule has 0 radical (unpaired) electrons. The van der Waals surface area contributed by atoms with Crippen LogP contribution in [0.4, 0.5) is 0 Å². The number of hydrogen-bond donors (Lipinski definition) is 1. The molecule has 1 atom stereocenters. The molecule has 5 nitrogen and oxygen atoms in total. The Hall–Kier alpha value is -0.490. The van der Waals surface area contributed by atoms with E-state index in [-0.39, 0.29) is 18.6 Å². The number of nitrogens with zero attached hydrogens (tertiary/aromatic N) is 1. The highest BCUT2D eigenvalue weighted by Gasteiger charge is 2.27. The highest BCUT2D eigenvalue weighted by Crippen LogP contribution is 2.17. The van der Waals surface area contributed by atoms with E-state index >= 15 is 0 Å². The zero-order chi connectivity index (χ0) is 12.8. The third kappa shape index (κ3) is 4.02. The van der Waals surface area contributed by atoms with E-state index in [0.717, 1.165) is 39.0 Å². The Bertz CT molecular complexity index is 258. The van der Waals surface area contributed by atoms with Crippen LogP contribution < -0.4 is 0 Å². The predicted octanol–water partition coefficient (Wildman–Crippen LogP) is 0.0653. The Kier molecular flexibility index (Phi) is 5.56. The lowest BCUT2D eigenvalue weighted by molar-refractivity contribution is -0.124. The fraction of sp³-hybridized carbons (Fsp3) is 0.923. The van der Waals surface area contributed by atoms with Crippen LogP contribution in [-0.2, 0) is 14.3 Å². The van der Waals surface area contributed by atoms with Crippen LogP contribution in [0.2, 0.25) is 0 Å². The largest absolute Gasteiger partial charge is 0.394 e. The molecular formula is C13H23NO4. The highest BCUT2D eigenvalue weighted by atomic mass is 16.5. The van der Waals surface area contributed by atoms with Gasteiger partial charge in [0, 0.05) is 25.6 Å². The summed E-state index contributed by atoms with van der Waals surface area (Å²) in [7, 11) is 0. The van der Waals surface area contributed by atoms with Crippen molar-refractivity contribution in [2.24, 2.45) is 5.92 Å². The predicted molar refractivity (Wildman–Crippen MR) is 66.4 cm³/mol. The van der Waals surface area contributed by atoms with Gasteiger partial charge in [0.25, 0.3) is 0 Å². The summed E-state index contributed by atoms with van der Waals surface area (Å²) >= 11 is 0. The summed E-state index contributed by atoms with van der Waals surface area (Å²) in [5.41, 5.74) is 0. The van der Waals surface area contributed by atoms with E-state index in [2.05, 4.69) is 4.90 Å². The van der Waals surface area contributed by atoms with Crippen LogP contribution in [0.5, 0.6) is 0 Å². The van der Waals surface area contributed by atoms with Crippen molar-refractivity contribution >= 4 is 5.78 Å². The first kappa shape index (κ1) is 13.9. The van der Waals surface area contributed by atoms with E-state index in [0.29, 0.717) is 25.5 Å². The maximum Gasteiger partial charge on any atom is 0.152 e. The average Bonchev–Trinajstić information content (AvgIpc) is 2.92. The van der Waals surface area contributed by atoms with Crippen molar-refractivity contribution in [2.75, 3.05) is 46.1 Å². The van der Waals surface area contributed by atoms with Gasteiger partial charge in [0.2, 0.25) is 0 Å². The van der Waals surface area contributed by atoms with E-state index < -0.39 is 0 Å². The molecule has 5 heteroatoms. The van der Waals surface area contributed by atoms with Crippen molar-refractivity contribution in [1.29, 1.82) is 0 Å². The molecule has 2 aliphatic heterocycles. The molecule has 0 spiro atoms. The van der Waals surface area contributed by atoms with Gasteiger partial charge in [0.15, 0.2) is 5.78 Å². The monoisotopic (exact) mass is 257 g/mol. The summed E-state index contributed by atoms with van der Waals surface area (Å²) < 4.78 is 10.7. The van der Waals surface area contributed by atoms with E-state index in [9.17, 15) is 4.79 Å². The second-order valence-electron chi connectivity index (χ2n) is 5.10. The molecule has 1 unspecified atom stereocenters. The van der Waals surface area contributed by atoms with Gasteiger partial charge < -0.3 is 14.6 Å². The topological polar surface area (TPSA) is 59.0 Å². The minimum atomic E-state index is 0.0837. The molecule has 2 heterocycles. The summed E-state index contributed by atoms with van der Waals surface area (Å²) in [5, 5.41) is 8.70. The molecule has 2 fully saturated rings. The average molecular weight is 257 g/mol. The molecule has 0 aromatic carbocycles. The molecule has 0 bridgehead atoms. The van der Waals surface area contributed by atoms with Gasteiger partial charge in [0.05, 0.1) is 32.5 Å². The maximum absolute atomic E-state index is 12.0. The Morgan fingerprint density at radius 2 is 2.11 bits per heavy atom. The van der Waals surface area contributed by atoms with Crippen molar-refractivity contribution in [3.8, 4) is 0 Å². The Balaban J connectivity index is 1.65. The number of ketones is 1. The molecule has 0 aromatic rings. The molecule has 2 aliphatic rings. The number of carbonyl (C=O) groups excluding carboxylic acids is 1. The number of Topliss-reactive ketones (excluding diaryl/α,β-unsaturated/α-hetero) is 1. The third-order valence-corrected chi connectivity index (χ3v) is 3.74. The van der Waals surface area contributed by atoms with Gasteiger partial charge in [-0.2, -0.15) is 0 Å². The number of aliphatic hydroxyl groups excluding tert-OH is 1. The lowest BCUT2D eigenvalue weighted by atomic mass is 10.0. The van der Waals surface area contributed by atoms with Crippen LogP contribution in [0.3, 0.4) is 0 Å². The van der Waals surface area contributed by atoms with Crippen molar-refractivity contribution in [3.05, 3.63) is 0 Å². The van der Waals surface area contributed by atoms with Crippen molar-refractivity contribution in [2.45, 2.75) is 25.4 Å². The third-order valence-electron chi connectivity index (χ3n) is 3.74. The molecule has 104 valence electrons. The molecule has 2 saturated heterocycles. The summed E-state index contributed by atoms with van der Waals surface area (Å²) in [6, 6.07) is 0. The van der Waals surface area contributed by atoms with Gasteiger partial charge in [-0.05, 0) is 19.3 Å². The van der Waals surface area contributed by atoms with Gasteiger partial charge in [-0.25, -0.2) is 0 Å². The van der Waals surface area contributed by atoms with E-state index in [1.54, 1.807) is 0 Å². The molecule has 2 rings (SSSR count). The SMILES string of the molecule is O=C(CN1CCC(OCCO)CC1)C1CCOC1. The molecule has 18 heavy (non-hydrogen) atoms. The van der Waals surface area contributed by atoms with Crippen LogP contribution in [0, 0.1) is 5.92 Å². The van der Waals surface area contributed by atoms with Crippen LogP contribution in [0.1, 0.15) is 19.3 Å². The molecular weight excluding hydrogens is 234 g/mol. The van der Waals surface area contributed by atoms with Crippen LogP contribution in [-0.4, -0.2) is 68.0 Å². The first-order valence-corrected chi connectivity index (χ1v) is 6.85. The number of rotatable bonds is 6. The second-order valence-corrected chi connectivity index (χ2v) is 5.10. The van der Waals surface area contributed by atoms with Gasteiger partial charge in [0.1, 0.15) is 0 Å². The number of piperidine rings is 1. The quantitative estimate of drug-likeness (QED) is 0.729. The molecule has 0 aromatic heterocycles. The normalized spacial score (nSPS) is 26.6. The van der Waals surface area contributed by atoms with Crippen molar-refractivity contribution < 1.29 is 19.4 Å². The fourth-order valence-electron chi connectivity index (χ4n) is 2.59. The van der Waals surface area contributed by atoms with Gasteiger partial charge in [-0.1, -0.05) is 0 Å². The zero-order valence-electron chi connectivity index (χ0n) is 10.8. The van der Waals surface area contributed by atoms with E-state index in [1.165, 1.54) is 0 Å². The standard InChI is InChI=1S/C13H23NO4/c15-6-8-18-12-1-4-14(5-2-12)9-13(16)11-3-7-17-10-11/h11-12,15H,1-10H2. The van der Waals surface area contributed by atoms with E-state index in [4.69, 9.17) is 14.6 Å². The van der Waals surface area contributed by atoms with Crippen LogP contribution in [0.15, 0.2) is 0 Å². The Labute approximate surface area is 108 Å². The fourth-order valence-corrected chi connectivity index (χ4v) is 2.59. The second kappa shape index (κ2) is 7.19. The first-order valence-electron chi connectivity index (χ1n) is 6.85. The first-order chi connectivity index (χ1) is 8.79. The molecule has 1 N–H and O–H groups in total. The van der Waals surface area contributed by atoms with Gasteiger partial charge in [-0.15, -0.1) is 0 Å². The van der Waals surface area contributed by atoms with Crippen LogP contribution in [0.25, 0.3) is 0 Å². The summed E-state index contributed by atoms with van der Waals surface area (Å²) in [5.74, 6) is 0.440. The Morgan fingerprint density at radius 3 is 2.72 bits per heavy atom. The number of carbonyl (C=O) groups is 1. The lowest BCUT2D eigenvalue weighted by Crippen LogP contribution is -2.41. The number of ether oxygens (including phenoxy) is 2. The molecule has 0 aliphatic carbocycles. The summed E-state index contributed by atoms with van der Waals surface area (Å²) in [6.45, 7) is 4.22. The van der Waals surface area contributed by atoms with Crippen molar-refractivity contribution in [3.63, 3.8) is 0 Å². The summed E-state index contributed by atoms with van der Waals surface area (Å²) in [6.07, 6.45) is 3.04. The number of likely N-dealkylation sites (tertiary alicyclic amines) is 1. The molecule has 0 saturated carbocycles. The van der Waals surface area contributed by atoms with Crippen LogP contribution >= 0.6 is 0 Å². The van der Waals surface area contributed by atoms with Crippen molar-refractivity contribution in [1.82, 2.24) is 4.90 Å². The smallest absolute Gasteiger partial charge is 0.152 e. The lowest BCUT2D eigenvalue weighted by Gasteiger charge is -2.31. The minimum absolute atomic E-state index is 0.0837. The maximum atomic E-state index is 12.0. The van der Waals surface area contributed by atoms with E-state index in [1.807, 2.05) is 0 Å². The number of aliphatic hydroxyl groups is 1. The van der Waals surface area contributed by atoms with Gasteiger partial charge in [-0.3, -0.25) is 9.69 Å². The minimum Gasteiger partial charge on any atom is -0.394 e. The van der Waals surface area contributed by atoms with Gasteiger partial charge >= 0.3 is 0 Å². The Morgan fingerprint density at radius 1 is 1.33 bits per heavy atom. The zero-order valence-corrected chi connectivity index (χ0v) is 10.8. The summed E-state index contributed by atoms with van der Waals surface area (Å²) in [4.78, 5) is 14.2. The number of hydrogen-bond acceptors (Lipinski definition) is 5. The molecule has 0 amide bonds. The highest BCUT2D eigenvalue weighted by molar-refractivity contribution is 5.83.